The van der Waals surface area contributed by atoms with E-state index in [9.17, 15) is 19.1 Å². The molecule has 7 heteroatoms. The highest BCUT2D eigenvalue weighted by Crippen LogP contribution is 2.11. The zero-order valence-electron chi connectivity index (χ0n) is 11.9. The maximum atomic E-state index is 13.1. The first-order valence-electron chi connectivity index (χ1n) is 6.63. The largest absolute Gasteiger partial charge is 0.481 e. The van der Waals surface area contributed by atoms with Crippen LogP contribution >= 0.6 is 0 Å². The number of rotatable bonds is 6. The van der Waals surface area contributed by atoms with E-state index in [-0.39, 0.29) is 18.7 Å². The number of aromatic nitrogens is 1. The van der Waals surface area contributed by atoms with Crippen LogP contribution < -0.4 is 5.32 Å². The summed E-state index contributed by atoms with van der Waals surface area (Å²) in [5.74, 6) is -2.84. The summed E-state index contributed by atoms with van der Waals surface area (Å²) in [4.78, 5) is 26.9. The second-order valence-corrected chi connectivity index (χ2v) is 4.85. The third kappa shape index (κ3) is 3.91. The lowest BCUT2D eigenvalue weighted by molar-refractivity contribution is -0.141. The van der Waals surface area contributed by atoms with Gasteiger partial charge in [-0.3, -0.25) is 9.59 Å². The van der Waals surface area contributed by atoms with Crippen molar-refractivity contribution in [2.45, 2.75) is 13.3 Å². The zero-order chi connectivity index (χ0) is 16.1. The Kier molecular flexibility index (Phi) is 4.88. The number of hydrogen-bond donors (Lipinski definition) is 2. The minimum Gasteiger partial charge on any atom is -0.481 e. The van der Waals surface area contributed by atoms with Gasteiger partial charge in [-0.25, -0.2) is 9.37 Å². The standard InChI is InChI=1S/C15H15FN2O4/c1-9-13(22-8-18-9)14(19)17-7-11(15(20)21)5-10-3-2-4-12(16)6-10/h2-4,6,8,11H,5,7H2,1H3,(H,17,19)(H,20,21). The first kappa shape index (κ1) is 15.7. The number of aliphatic carboxylic acids is 1. The molecule has 2 aromatic rings. The highest BCUT2D eigenvalue weighted by Gasteiger charge is 2.21. The molecule has 0 aliphatic rings. The van der Waals surface area contributed by atoms with Gasteiger partial charge in [-0.1, -0.05) is 12.1 Å². The van der Waals surface area contributed by atoms with E-state index < -0.39 is 23.6 Å². The van der Waals surface area contributed by atoms with E-state index >= 15 is 0 Å². The van der Waals surface area contributed by atoms with Crippen LogP contribution in [0.1, 0.15) is 21.8 Å². The van der Waals surface area contributed by atoms with Crippen molar-refractivity contribution in [2.75, 3.05) is 6.54 Å². The summed E-state index contributed by atoms with van der Waals surface area (Å²) in [6.07, 6.45) is 1.26. The molecular formula is C15H15FN2O4. The molecule has 0 bridgehead atoms. The van der Waals surface area contributed by atoms with E-state index in [1.165, 1.54) is 18.2 Å². The highest BCUT2D eigenvalue weighted by molar-refractivity contribution is 5.92. The third-order valence-electron chi connectivity index (χ3n) is 3.18. The highest BCUT2D eigenvalue weighted by atomic mass is 19.1. The van der Waals surface area contributed by atoms with Gasteiger partial charge in [-0.05, 0) is 31.0 Å². The number of benzene rings is 1. The van der Waals surface area contributed by atoms with Crippen LogP contribution in [0.25, 0.3) is 0 Å². The fourth-order valence-corrected chi connectivity index (χ4v) is 2.01. The number of carboxylic acid groups (broad SMARTS) is 1. The normalized spacial score (nSPS) is 11.9. The Hall–Kier alpha value is -2.70. The SMILES string of the molecule is Cc1ncoc1C(=O)NCC(Cc1cccc(F)c1)C(=O)O. The van der Waals surface area contributed by atoms with Gasteiger partial charge in [0.2, 0.25) is 5.76 Å². The number of carbonyl (C=O) groups excluding carboxylic acids is 1. The smallest absolute Gasteiger partial charge is 0.308 e. The molecule has 1 aromatic carbocycles. The minimum absolute atomic E-state index is 0.0508. The number of oxazole rings is 1. The molecule has 0 aliphatic heterocycles. The van der Waals surface area contributed by atoms with E-state index in [1.807, 2.05) is 0 Å². The van der Waals surface area contributed by atoms with Gasteiger partial charge in [0.05, 0.1) is 11.6 Å². The molecule has 1 heterocycles. The quantitative estimate of drug-likeness (QED) is 0.849. The lowest BCUT2D eigenvalue weighted by atomic mass is 9.99. The fourth-order valence-electron chi connectivity index (χ4n) is 2.01. The lowest BCUT2D eigenvalue weighted by Gasteiger charge is -2.13. The molecule has 1 atom stereocenters. The summed E-state index contributed by atoms with van der Waals surface area (Å²) >= 11 is 0. The average Bonchev–Trinajstić information content (AvgIpc) is 2.89. The van der Waals surface area contributed by atoms with Gasteiger partial charge in [0.1, 0.15) is 5.82 Å². The van der Waals surface area contributed by atoms with Gasteiger partial charge < -0.3 is 14.8 Å². The molecule has 1 unspecified atom stereocenters. The second kappa shape index (κ2) is 6.84. The monoisotopic (exact) mass is 306 g/mol. The maximum absolute atomic E-state index is 13.1. The average molecular weight is 306 g/mol. The molecule has 0 radical (unpaired) electrons. The van der Waals surface area contributed by atoms with Crippen LogP contribution in [0.2, 0.25) is 0 Å². The number of carbonyl (C=O) groups is 2. The molecular weight excluding hydrogens is 291 g/mol. The molecule has 6 nitrogen and oxygen atoms in total. The third-order valence-corrected chi connectivity index (χ3v) is 3.18. The fraction of sp³-hybridized carbons (Fsp3) is 0.267. The van der Waals surface area contributed by atoms with Crippen LogP contribution in [-0.4, -0.2) is 28.5 Å². The Bertz CT molecular complexity index is 684. The van der Waals surface area contributed by atoms with Gasteiger partial charge >= 0.3 is 5.97 Å². The topological polar surface area (TPSA) is 92.4 Å². The first-order valence-corrected chi connectivity index (χ1v) is 6.63. The predicted molar refractivity (Wildman–Crippen MR) is 74.8 cm³/mol. The zero-order valence-corrected chi connectivity index (χ0v) is 11.9. The molecule has 2 rings (SSSR count). The van der Waals surface area contributed by atoms with Crippen molar-refractivity contribution in [3.63, 3.8) is 0 Å². The molecule has 0 aliphatic carbocycles. The number of amides is 1. The van der Waals surface area contributed by atoms with E-state index in [2.05, 4.69) is 10.3 Å². The van der Waals surface area contributed by atoms with Crippen LogP contribution in [0, 0.1) is 18.7 Å². The molecule has 0 saturated heterocycles. The Morgan fingerprint density at radius 2 is 2.23 bits per heavy atom. The number of halogens is 1. The number of carboxylic acids is 1. The lowest BCUT2D eigenvalue weighted by Crippen LogP contribution is -2.34. The van der Waals surface area contributed by atoms with Crippen LogP contribution in [0.15, 0.2) is 35.1 Å². The summed E-state index contributed by atoms with van der Waals surface area (Å²) in [6, 6.07) is 5.72. The molecule has 1 amide bonds. The van der Waals surface area contributed by atoms with E-state index in [0.29, 0.717) is 11.3 Å². The molecule has 22 heavy (non-hydrogen) atoms. The number of hydrogen-bond acceptors (Lipinski definition) is 4. The van der Waals surface area contributed by atoms with Crippen molar-refractivity contribution in [1.82, 2.24) is 10.3 Å². The van der Waals surface area contributed by atoms with Crippen molar-refractivity contribution in [3.05, 3.63) is 53.5 Å². The van der Waals surface area contributed by atoms with Crippen LogP contribution in [-0.2, 0) is 11.2 Å². The summed E-state index contributed by atoms with van der Waals surface area (Å²) in [7, 11) is 0. The summed E-state index contributed by atoms with van der Waals surface area (Å²) < 4.78 is 18.1. The van der Waals surface area contributed by atoms with Gasteiger partial charge in [0.25, 0.3) is 5.91 Å². The van der Waals surface area contributed by atoms with Crippen molar-refractivity contribution in [1.29, 1.82) is 0 Å². The van der Waals surface area contributed by atoms with Crippen molar-refractivity contribution in [2.24, 2.45) is 5.92 Å². The van der Waals surface area contributed by atoms with E-state index in [0.717, 1.165) is 6.39 Å². The summed E-state index contributed by atoms with van der Waals surface area (Å²) in [5.41, 5.74) is 0.979. The summed E-state index contributed by atoms with van der Waals surface area (Å²) in [6.45, 7) is 1.52. The van der Waals surface area contributed by atoms with E-state index in [4.69, 9.17) is 4.42 Å². The van der Waals surface area contributed by atoms with E-state index in [1.54, 1.807) is 13.0 Å². The second-order valence-electron chi connectivity index (χ2n) is 4.85. The number of aryl methyl sites for hydroxylation is 1. The van der Waals surface area contributed by atoms with Crippen molar-refractivity contribution in [3.8, 4) is 0 Å². The molecule has 1 aromatic heterocycles. The Morgan fingerprint density at radius 1 is 1.45 bits per heavy atom. The predicted octanol–water partition coefficient (Wildman–Crippen LogP) is 1.80. The van der Waals surface area contributed by atoms with Crippen LogP contribution in [0.5, 0.6) is 0 Å². The maximum Gasteiger partial charge on any atom is 0.308 e. The van der Waals surface area contributed by atoms with Crippen LogP contribution in [0.3, 0.4) is 0 Å². The van der Waals surface area contributed by atoms with Gasteiger partial charge in [-0.2, -0.15) is 0 Å². The molecule has 116 valence electrons. The van der Waals surface area contributed by atoms with Gasteiger partial charge in [0.15, 0.2) is 6.39 Å². The van der Waals surface area contributed by atoms with Crippen molar-refractivity contribution < 1.29 is 23.5 Å². The van der Waals surface area contributed by atoms with Gasteiger partial charge in [-0.15, -0.1) is 0 Å². The minimum atomic E-state index is -1.07. The van der Waals surface area contributed by atoms with Gasteiger partial charge in [0, 0.05) is 6.54 Å². The molecule has 0 spiro atoms. The number of nitrogens with one attached hydrogen (secondary N) is 1. The van der Waals surface area contributed by atoms with Crippen LogP contribution in [0.4, 0.5) is 4.39 Å². The van der Waals surface area contributed by atoms with Crippen molar-refractivity contribution >= 4 is 11.9 Å². The number of nitrogens with zero attached hydrogens (tertiary/aromatic N) is 1. The molecule has 0 saturated carbocycles. The Morgan fingerprint density at radius 3 is 2.82 bits per heavy atom. The molecule has 0 fully saturated rings. The Balaban J connectivity index is 1.99. The molecule has 2 N–H and O–H groups in total. The summed E-state index contributed by atoms with van der Waals surface area (Å²) in [5, 5.41) is 11.7. The Labute approximate surface area is 126 Å². The first-order chi connectivity index (χ1) is 10.5.